The first-order valence-corrected chi connectivity index (χ1v) is 8.97. The number of nitrogens with two attached hydrogens (primary N) is 1. The van der Waals surface area contributed by atoms with Gasteiger partial charge < -0.3 is 15.0 Å². The number of carbonyl (C=O) groups is 1. The SMILES string of the molecule is COC(=O)c1c(N)c(C#N)cn1-c1ccc(S(=O)(=O)NC2CC2)cc1. The van der Waals surface area contributed by atoms with Crippen LogP contribution >= 0.6 is 0 Å². The standard InChI is InChI=1S/C16H16N4O4S/c1-24-16(21)15-14(18)10(8-17)9-20(15)12-4-6-13(7-5-12)25(22,23)19-11-2-3-11/h4-7,9,11,19H,2-3,18H2,1H3. The lowest BCUT2D eigenvalue weighted by Gasteiger charge is -2.10. The summed E-state index contributed by atoms with van der Waals surface area (Å²) >= 11 is 0. The molecule has 1 aromatic carbocycles. The molecule has 9 heteroatoms. The summed E-state index contributed by atoms with van der Waals surface area (Å²) in [5.74, 6) is -0.689. The zero-order valence-corrected chi connectivity index (χ0v) is 14.2. The summed E-state index contributed by atoms with van der Waals surface area (Å²) in [7, 11) is -2.35. The smallest absolute Gasteiger partial charge is 0.357 e. The van der Waals surface area contributed by atoms with Crippen LogP contribution in [0.1, 0.15) is 28.9 Å². The topological polar surface area (TPSA) is 127 Å². The van der Waals surface area contributed by atoms with Gasteiger partial charge in [-0.25, -0.2) is 17.9 Å². The van der Waals surface area contributed by atoms with Crippen LogP contribution in [0.15, 0.2) is 35.4 Å². The zero-order valence-electron chi connectivity index (χ0n) is 13.4. The van der Waals surface area contributed by atoms with Crippen molar-refractivity contribution in [3.8, 4) is 11.8 Å². The van der Waals surface area contributed by atoms with Gasteiger partial charge in [0.05, 0.1) is 23.3 Å². The molecule has 1 aliphatic rings. The summed E-state index contributed by atoms with van der Waals surface area (Å²) in [5, 5.41) is 9.12. The summed E-state index contributed by atoms with van der Waals surface area (Å²) in [6.07, 6.45) is 3.10. The Balaban J connectivity index is 2.00. The fourth-order valence-corrected chi connectivity index (χ4v) is 3.70. The average Bonchev–Trinajstić information content (AvgIpc) is 3.34. The van der Waals surface area contributed by atoms with Gasteiger partial charge in [-0.05, 0) is 37.1 Å². The number of hydrogen-bond acceptors (Lipinski definition) is 6. The van der Waals surface area contributed by atoms with Gasteiger partial charge >= 0.3 is 5.97 Å². The van der Waals surface area contributed by atoms with Crippen LogP contribution in [-0.4, -0.2) is 32.1 Å². The number of methoxy groups -OCH3 is 1. The quantitative estimate of drug-likeness (QED) is 0.770. The Bertz CT molecular complexity index is 967. The molecule has 3 rings (SSSR count). The molecule has 0 amide bonds. The maximum Gasteiger partial charge on any atom is 0.357 e. The first kappa shape index (κ1) is 17.0. The normalized spacial score (nSPS) is 14.1. The Labute approximate surface area is 144 Å². The van der Waals surface area contributed by atoms with Crippen LogP contribution < -0.4 is 10.5 Å². The van der Waals surface area contributed by atoms with Crippen LogP contribution in [-0.2, 0) is 14.8 Å². The number of nitrogens with one attached hydrogen (secondary N) is 1. The monoisotopic (exact) mass is 360 g/mol. The number of rotatable bonds is 5. The van der Waals surface area contributed by atoms with E-state index in [0.717, 1.165) is 12.8 Å². The van der Waals surface area contributed by atoms with Gasteiger partial charge in [-0.15, -0.1) is 0 Å². The van der Waals surface area contributed by atoms with Gasteiger partial charge in [-0.1, -0.05) is 0 Å². The predicted octanol–water partition coefficient (Wildman–Crippen LogP) is 1.16. The maximum atomic E-state index is 12.2. The Morgan fingerprint density at radius 1 is 1.36 bits per heavy atom. The third-order valence-electron chi connectivity index (χ3n) is 3.87. The second kappa shape index (κ2) is 6.23. The Morgan fingerprint density at radius 2 is 2.00 bits per heavy atom. The summed E-state index contributed by atoms with van der Waals surface area (Å²) < 4.78 is 33.1. The lowest BCUT2D eigenvalue weighted by atomic mass is 10.2. The van der Waals surface area contributed by atoms with Crippen LogP contribution in [0.4, 0.5) is 5.69 Å². The van der Waals surface area contributed by atoms with Crippen molar-refractivity contribution in [3.63, 3.8) is 0 Å². The molecule has 8 nitrogen and oxygen atoms in total. The number of aromatic nitrogens is 1. The van der Waals surface area contributed by atoms with E-state index in [0.29, 0.717) is 5.69 Å². The van der Waals surface area contributed by atoms with Gasteiger partial charge in [0.2, 0.25) is 10.0 Å². The van der Waals surface area contributed by atoms with Crippen molar-refractivity contribution in [2.75, 3.05) is 12.8 Å². The third-order valence-corrected chi connectivity index (χ3v) is 5.40. The number of ether oxygens (including phenoxy) is 1. The van der Waals surface area contributed by atoms with Gasteiger partial charge in [0.25, 0.3) is 0 Å². The lowest BCUT2D eigenvalue weighted by molar-refractivity contribution is 0.0593. The number of hydrogen-bond donors (Lipinski definition) is 2. The number of nitrogen functional groups attached to an aromatic ring is 1. The minimum absolute atomic E-state index is 0.0121. The average molecular weight is 360 g/mol. The Kier molecular flexibility index (Phi) is 4.24. The first-order chi connectivity index (χ1) is 11.9. The highest BCUT2D eigenvalue weighted by molar-refractivity contribution is 7.89. The first-order valence-electron chi connectivity index (χ1n) is 7.49. The van der Waals surface area contributed by atoms with Crippen molar-refractivity contribution in [3.05, 3.63) is 41.7 Å². The van der Waals surface area contributed by atoms with Crippen molar-refractivity contribution in [1.29, 1.82) is 5.26 Å². The van der Waals surface area contributed by atoms with Crippen LogP contribution in [0.5, 0.6) is 0 Å². The molecule has 0 aliphatic heterocycles. The third kappa shape index (κ3) is 3.22. The van der Waals surface area contributed by atoms with Crippen LogP contribution in [0, 0.1) is 11.3 Å². The second-order valence-corrected chi connectivity index (χ2v) is 7.38. The van der Waals surface area contributed by atoms with Crippen molar-refractivity contribution in [1.82, 2.24) is 9.29 Å². The number of sulfonamides is 1. The van der Waals surface area contributed by atoms with E-state index in [1.165, 1.54) is 42.1 Å². The molecule has 1 aromatic heterocycles. The molecule has 1 saturated carbocycles. The highest BCUT2D eigenvalue weighted by Gasteiger charge is 2.28. The molecule has 0 unspecified atom stereocenters. The molecule has 1 aliphatic carbocycles. The van der Waals surface area contributed by atoms with Crippen LogP contribution in [0.2, 0.25) is 0 Å². The highest BCUT2D eigenvalue weighted by atomic mass is 32.2. The van der Waals surface area contributed by atoms with Gasteiger partial charge in [0.15, 0.2) is 5.69 Å². The summed E-state index contributed by atoms with van der Waals surface area (Å²) in [4.78, 5) is 12.1. The number of nitriles is 1. The summed E-state index contributed by atoms with van der Waals surface area (Å²) in [6, 6.07) is 7.86. The van der Waals surface area contributed by atoms with Gasteiger partial charge in [-0.3, -0.25) is 0 Å². The molecule has 3 N–H and O–H groups in total. The molecule has 1 heterocycles. The van der Waals surface area contributed by atoms with E-state index in [1.54, 1.807) is 0 Å². The van der Waals surface area contributed by atoms with Crippen molar-refractivity contribution < 1.29 is 17.9 Å². The number of anilines is 1. The number of nitrogens with zero attached hydrogens (tertiary/aromatic N) is 2. The number of benzene rings is 1. The van der Waals surface area contributed by atoms with Gasteiger partial charge in [0, 0.05) is 17.9 Å². The molecular weight excluding hydrogens is 344 g/mol. The van der Waals surface area contributed by atoms with Crippen molar-refractivity contribution in [2.24, 2.45) is 0 Å². The molecule has 0 radical (unpaired) electrons. The molecule has 0 saturated heterocycles. The maximum absolute atomic E-state index is 12.2. The Morgan fingerprint density at radius 3 is 2.52 bits per heavy atom. The summed E-state index contributed by atoms with van der Waals surface area (Å²) in [6.45, 7) is 0. The molecule has 1 fully saturated rings. The van der Waals surface area contributed by atoms with Crippen molar-refractivity contribution in [2.45, 2.75) is 23.8 Å². The predicted molar refractivity (Wildman–Crippen MR) is 89.6 cm³/mol. The highest BCUT2D eigenvalue weighted by Crippen LogP contribution is 2.26. The van der Waals surface area contributed by atoms with Crippen LogP contribution in [0.3, 0.4) is 0 Å². The molecule has 0 spiro atoms. The van der Waals surface area contributed by atoms with E-state index in [4.69, 9.17) is 15.7 Å². The zero-order chi connectivity index (χ0) is 18.2. The molecule has 0 bridgehead atoms. The number of carbonyl (C=O) groups excluding carboxylic acids is 1. The minimum atomic E-state index is -3.56. The second-order valence-electron chi connectivity index (χ2n) is 5.67. The molecule has 25 heavy (non-hydrogen) atoms. The van der Waals surface area contributed by atoms with E-state index >= 15 is 0 Å². The lowest BCUT2D eigenvalue weighted by Crippen LogP contribution is -2.25. The van der Waals surface area contributed by atoms with E-state index in [2.05, 4.69) is 4.72 Å². The minimum Gasteiger partial charge on any atom is -0.464 e. The fraction of sp³-hybridized carbons (Fsp3) is 0.250. The fourth-order valence-electron chi connectivity index (χ4n) is 2.39. The van der Waals surface area contributed by atoms with E-state index in [1.807, 2.05) is 6.07 Å². The largest absolute Gasteiger partial charge is 0.464 e. The van der Waals surface area contributed by atoms with Gasteiger partial charge in [-0.2, -0.15) is 5.26 Å². The Hall–Kier alpha value is -2.83. The molecule has 0 atom stereocenters. The van der Waals surface area contributed by atoms with Gasteiger partial charge in [0.1, 0.15) is 6.07 Å². The molecule has 2 aromatic rings. The van der Waals surface area contributed by atoms with Crippen molar-refractivity contribution >= 4 is 21.7 Å². The van der Waals surface area contributed by atoms with E-state index < -0.39 is 16.0 Å². The van der Waals surface area contributed by atoms with E-state index in [-0.39, 0.29) is 27.9 Å². The molecular formula is C16H16N4O4S. The number of esters is 1. The molecule has 130 valence electrons. The van der Waals surface area contributed by atoms with E-state index in [9.17, 15) is 13.2 Å². The van der Waals surface area contributed by atoms with Crippen LogP contribution in [0.25, 0.3) is 5.69 Å². The summed E-state index contributed by atoms with van der Waals surface area (Å²) in [5.41, 5.74) is 6.49.